The number of Topliss-reactive ketones (excluding diaryl/α,β-unsaturated/α-hetero) is 1. The van der Waals surface area contributed by atoms with Gasteiger partial charge in [-0.2, -0.15) is 0 Å². The molecular formula is C56H90O28. The summed E-state index contributed by atoms with van der Waals surface area (Å²) in [5, 5.41) is 164. The van der Waals surface area contributed by atoms with Crippen LogP contribution < -0.4 is 0 Å². The first-order chi connectivity index (χ1) is 39.9. The van der Waals surface area contributed by atoms with Crippen LogP contribution in [-0.2, 0) is 61.6 Å². The number of aliphatic hydroxyl groups excluding tert-OH is 15. The van der Waals surface area contributed by atoms with Crippen LogP contribution in [0, 0.1) is 52.3 Å². The van der Waals surface area contributed by atoms with Gasteiger partial charge in [-0.1, -0.05) is 27.7 Å². The average Bonchev–Trinajstić information content (AvgIpc) is 1.53. The van der Waals surface area contributed by atoms with Gasteiger partial charge in [0.2, 0.25) is 0 Å². The molecule has 15 N–H and O–H groups in total. The molecule has 0 bridgehead atoms. The second kappa shape index (κ2) is 25.0. The van der Waals surface area contributed by atoms with Gasteiger partial charge in [-0.3, -0.25) is 4.79 Å². The van der Waals surface area contributed by atoms with Gasteiger partial charge in [0.05, 0.1) is 51.8 Å². The van der Waals surface area contributed by atoms with Crippen LogP contribution in [0.4, 0.5) is 0 Å². The zero-order valence-electron chi connectivity index (χ0n) is 47.7. The molecule has 11 rings (SSSR count). The molecular weight excluding hydrogens is 1120 g/mol. The molecule has 1 spiro atoms. The minimum Gasteiger partial charge on any atom is -0.394 e. The Kier molecular flexibility index (Phi) is 19.1. The number of ether oxygens (including phenoxy) is 12. The van der Waals surface area contributed by atoms with Crippen molar-refractivity contribution < 1.29 is 138 Å². The fraction of sp³-hybridized carbons (Fsp3) is 0.982. The second-order valence-corrected chi connectivity index (χ2v) is 26.6. The highest BCUT2D eigenvalue weighted by Crippen LogP contribution is 2.70. The molecule has 11 aliphatic rings. The molecule has 0 amide bonds. The van der Waals surface area contributed by atoms with Gasteiger partial charge in [-0.05, 0) is 80.0 Å². The van der Waals surface area contributed by atoms with Gasteiger partial charge in [-0.25, -0.2) is 0 Å². The number of aliphatic hydroxyl groups is 15. The molecule has 0 aromatic carbocycles. The van der Waals surface area contributed by atoms with Crippen LogP contribution in [0.25, 0.3) is 0 Å². The first-order valence-corrected chi connectivity index (χ1v) is 30.2. The Balaban J connectivity index is 0.794. The molecule has 84 heavy (non-hydrogen) atoms. The topological polar surface area (TPSA) is 431 Å². The molecule has 0 aromatic rings. The standard InChI is InChI=1S/C56H90O28/c1-20-7-10-56(74-18-20)21(2)34-28(84-56)12-26-24-6-5-22-11-23(8-9-54(22,3)25(24)13-33(62)55(26,34)4)75-50-43(71)40(68)45(32(17-60)79-50)80-53-48(47(38(66)31(16-59)78-53)82-51-42(70)39(67)36(64)29(14-57)76-51)83-52-44(72)46(37(65)30(15-58)77-52)81-49-41(69)35(63)27(61)19-73-49/h20-32,34-53,57-61,63-72H,5-19H2,1-4H3/t20-,21+,22-,23+,24-,25+,26+,27-,28+,29-,30-,31-,32-,34+,35+,36-,37-,38-,39+,40-,41-,42-,43-,44-,45+,46+,47+,48-,49+,50-,51+,52+,53+,54+,55-,56-/m1/s1. The fourth-order valence-corrected chi connectivity index (χ4v) is 17.0. The van der Waals surface area contributed by atoms with Gasteiger partial charge in [0.25, 0.3) is 0 Å². The molecule has 7 heterocycles. The number of carbonyl (C=O) groups excluding carboxylic acids is 1. The second-order valence-electron chi connectivity index (χ2n) is 26.6. The average molecular weight is 1210 g/mol. The third kappa shape index (κ3) is 11.0. The molecule has 4 aliphatic carbocycles. The van der Waals surface area contributed by atoms with Crippen molar-refractivity contribution in [2.75, 3.05) is 39.6 Å². The highest BCUT2D eigenvalue weighted by atomic mass is 16.8. The van der Waals surface area contributed by atoms with Crippen molar-refractivity contribution in [3.63, 3.8) is 0 Å². The van der Waals surface area contributed by atoms with E-state index in [1.807, 2.05) is 0 Å². The summed E-state index contributed by atoms with van der Waals surface area (Å²) in [6.07, 6.45) is -38.5. The van der Waals surface area contributed by atoms with Gasteiger partial charge in [-0.15, -0.1) is 0 Å². The molecule has 0 radical (unpaired) electrons. The zero-order chi connectivity index (χ0) is 60.2. The molecule has 482 valence electrons. The molecule has 7 aliphatic heterocycles. The number of ketones is 1. The molecule has 28 heteroatoms. The van der Waals surface area contributed by atoms with Gasteiger partial charge in [0.1, 0.15) is 122 Å². The van der Waals surface area contributed by atoms with Crippen LogP contribution in [0.1, 0.15) is 85.5 Å². The van der Waals surface area contributed by atoms with Gasteiger partial charge < -0.3 is 133 Å². The third-order valence-electron chi connectivity index (χ3n) is 22.0. The summed E-state index contributed by atoms with van der Waals surface area (Å²) >= 11 is 0. The van der Waals surface area contributed by atoms with E-state index in [0.29, 0.717) is 49.9 Å². The maximum Gasteiger partial charge on any atom is 0.187 e. The largest absolute Gasteiger partial charge is 0.394 e. The van der Waals surface area contributed by atoms with Crippen molar-refractivity contribution in [3.05, 3.63) is 0 Å². The van der Waals surface area contributed by atoms with Crippen molar-refractivity contribution in [3.8, 4) is 0 Å². The molecule has 11 fully saturated rings. The van der Waals surface area contributed by atoms with Crippen LogP contribution >= 0.6 is 0 Å². The lowest BCUT2D eigenvalue weighted by molar-refractivity contribution is -0.410. The first-order valence-electron chi connectivity index (χ1n) is 30.2. The molecule has 0 aromatic heterocycles. The number of hydrogen-bond acceptors (Lipinski definition) is 28. The minimum atomic E-state index is -2.16. The summed E-state index contributed by atoms with van der Waals surface area (Å²) < 4.78 is 73.1. The first kappa shape index (κ1) is 64.1. The maximum atomic E-state index is 14.8. The highest BCUT2D eigenvalue weighted by molar-refractivity contribution is 5.87. The van der Waals surface area contributed by atoms with Crippen LogP contribution in [0.3, 0.4) is 0 Å². The van der Waals surface area contributed by atoms with E-state index < -0.39 is 198 Å². The predicted molar refractivity (Wildman–Crippen MR) is 275 cm³/mol. The minimum absolute atomic E-state index is 0.0394. The van der Waals surface area contributed by atoms with E-state index in [1.54, 1.807) is 0 Å². The Morgan fingerprint density at radius 2 is 1.08 bits per heavy atom. The van der Waals surface area contributed by atoms with Crippen molar-refractivity contribution in [2.24, 2.45) is 52.3 Å². The van der Waals surface area contributed by atoms with Crippen LogP contribution in [0.2, 0.25) is 0 Å². The smallest absolute Gasteiger partial charge is 0.187 e. The molecule has 0 unspecified atom stereocenters. The molecule has 36 atom stereocenters. The molecule has 4 saturated carbocycles. The summed E-state index contributed by atoms with van der Waals surface area (Å²) in [5.41, 5.74) is -0.705. The van der Waals surface area contributed by atoms with E-state index in [-0.39, 0.29) is 41.1 Å². The summed E-state index contributed by atoms with van der Waals surface area (Å²) in [7, 11) is 0. The number of hydrogen-bond donors (Lipinski definition) is 15. The Labute approximate surface area is 485 Å². The van der Waals surface area contributed by atoms with Crippen molar-refractivity contribution in [1.82, 2.24) is 0 Å². The Morgan fingerprint density at radius 1 is 0.512 bits per heavy atom. The lowest BCUT2D eigenvalue weighted by atomic mass is 9.44. The van der Waals surface area contributed by atoms with E-state index in [1.165, 1.54) is 0 Å². The Hall–Kier alpha value is -1.41. The Morgan fingerprint density at radius 3 is 1.75 bits per heavy atom. The van der Waals surface area contributed by atoms with E-state index in [0.717, 1.165) is 32.1 Å². The van der Waals surface area contributed by atoms with Crippen molar-refractivity contribution >= 4 is 5.78 Å². The fourth-order valence-electron chi connectivity index (χ4n) is 17.0. The predicted octanol–water partition coefficient (Wildman–Crippen LogP) is -5.27. The summed E-state index contributed by atoms with van der Waals surface area (Å²) in [6, 6.07) is 0. The Bertz CT molecular complexity index is 2230. The van der Waals surface area contributed by atoms with Gasteiger partial charge in [0, 0.05) is 30.1 Å². The monoisotopic (exact) mass is 1210 g/mol. The van der Waals surface area contributed by atoms with Crippen molar-refractivity contribution in [1.29, 1.82) is 0 Å². The van der Waals surface area contributed by atoms with Crippen LogP contribution in [0.5, 0.6) is 0 Å². The summed E-state index contributed by atoms with van der Waals surface area (Å²) in [5.74, 6) is 1.12. The van der Waals surface area contributed by atoms with E-state index in [2.05, 4.69) is 27.7 Å². The maximum absolute atomic E-state index is 14.8. The molecule has 28 nitrogen and oxygen atoms in total. The SMILES string of the molecule is C[C@@H]1CC[C@@]2(OC1)O[C@H]1C[C@H]3[C@@H]4CC[C@@H]5C[C@@H](O[C@@H]6O[C@H](CO)[C@H](O[C@@H]7O[C@H](CO)[C@@H](O)[C@H](O[C@@H]8O[C@H](CO)[C@@H](O)[C@H](O)[C@H]8O)[C@H]7O[C@@H]7O[C@H](CO)[C@@H](O)[C@H](O[C@@H]8OC[C@@H](O)[C@H](O)[C@H]8O)[C@H]7O)[C@H](O)[C@H]6O)CC[C@]5(C)[C@H]4CC(=O)[C@]3(C)[C@H]1[C@@H]2C. The summed E-state index contributed by atoms with van der Waals surface area (Å²) in [6.45, 7) is 5.28. The van der Waals surface area contributed by atoms with E-state index in [9.17, 15) is 81.4 Å². The van der Waals surface area contributed by atoms with E-state index >= 15 is 0 Å². The van der Waals surface area contributed by atoms with Gasteiger partial charge in [0.15, 0.2) is 37.2 Å². The lowest BCUT2D eigenvalue weighted by Gasteiger charge is -2.60. The summed E-state index contributed by atoms with van der Waals surface area (Å²) in [4.78, 5) is 14.8. The van der Waals surface area contributed by atoms with E-state index in [4.69, 9.17) is 56.8 Å². The number of carbonyl (C=O) groups is 1. The van der Waals surface area contributed by atoms with Crippen LogP contribution in [0.15, 0.2) is 0 Å². The highest BCUT2D eigenvalue weighted by Gasteiger charge is 2.72. The zero-order valence-corrected chi connectivity index (χ0v) is 47.7. The van der Waals surface area contributed by atoms with Crippen LogP contribution in [-0.4, -0.2) is 287 Å². The normalized spacial score (nSPS) is 56.8. The number of rotatable bonds is 14. The van der Waals surface area contributed by atoms with Gasteiger partial charge >= 0.3 is 0 Å². The quantitative estimate of drug-likeness (QED) is 0.0723. The third-order valence-corrected chi connectivity index (χ3v) is 22.0. The number of fused-ring (bicyclic) bond motifs is 7. The van der Waals surface area contributed by atoms with Crippen molar-refractivity contribution in [2.45, 2.75) is 251 Å². The lowest BCUT2D eigenvalue weighted by Crippen LogP contribution is -2.69. The molecule has 7 saturated heterocycles.